The third-order valence-corrected chi connectivity index (χ3v) is 6.92. The molecule has 1 atom stereocenters. The predicted octanol–water partition coefficient (Wildman–Crippen LogP) is 3.35. The summed E-state index contributed by atoms with van der Waals surface area (Å²) in [6, 6.07) is 11.7. The molecule has 1 amide bonds. The van der Waals surface area contributed by atoms with Crippen molar-refractivity contribution in [2.45, 2.75) is 25.8 Å². The molecule has 5 rings (SSSR count). The van der Waals surface area contributed by atoms with Crippen LogP contribution in [-0.4, -0.2) is 43.6 Å². The van der Waals surface area contributed by atoms with Gasteiger partial charge in [-0.3, -0.25) is 9.69 Å². The molecule has 4 aromatic rings. The van der Waals surface area contributed by atoms with Crippen LogP contribution in [0.3, 0.4) is 0 Å². The first-order valence-corrected chi connectivity index (χ1v) is 11.0. The molecule has 1 fully saturated rings. The van der Waals surface area contributed by atoms with Crippen LogP contribution in [0.2, 0.25) is 0 Å². The normalized spacial score (nSPS) is 16.7. The summed E-state index contributed by atoms with van der Waals surface area (Å²) in [5, 5.41) is 15.6. The van der Waals surface area contributed by atoms with Gasteiger partial charge in [0.1, 0.15) is 0 Å². The van der Waals surface area contributed by atoms with Gasteiger partial charge in [-0.25, -0.2) is 0 Å². The van der Waals surface area contributed by atoms with Crippen LogP contribution in [0.5, 0.6) is 5.88 Å². The number of primary amides is 1. The molecule has 1 aliphatic heterocycles. The van der Waals surface area contributed by atoms with E-state index in [9.17, 15) is 9.90 Å². The van der Waals surface area contributed by atoms with Gasteiger partial charge in [-0.1, -0.05) is 41.2 Å². The number of carbonyl (C=O) groups excluding carboxylic acids is 1. The van der Waals surface area contributed by atoms with E-state index < -0.39 is 0 Å². The van der Waals surface area contributed by atoms with Gasteiger partial charge in [-0.15, -0.1) is 5.10 Å². The molecule has 0 saturated carbocycles. The Labute approximate surface area is 182 Å². The minimum atomic E-state index is -0.237. The fourth-order valence-electron chi connectivity index (χ4n) is 4.25. The fraction of sp³-hybridized carbons (Fsp3) is 0.318. The van der Waals surface area contributed by atoms with Gasteiger partial charge in [0.2, 0.25) is 22.6 Å². The summed E-state index contributed by atoms with van der Waals surface area (Å²) in [5.74, 6) is 0.738. The summed E-state index contributed by atoms with van der Waals surface area (Å²) in [6.07, 6.45) is 2.99. The molecule has 9 heteroatoms. The lowest BCUT2D eigenvalue weighted by Gasteiger charge is -2.36. The van der Waals surface area contributed by atoms with Crippen LogP contribution in [0.15, 0.2) is 47.1 Å². The second-order valence-electron chi connectivity index (χ2n) is 7.93. The first kappa shape index (κ1) is 19.8. The van der Waals surface area contributed by atoms with Crippen molar-refractivity contribution in [2.75, 3.05) is 13.1 Å². The summed E-state index contributed by atoms with van der Waals surface area (Å²) >= 11 is 1.42. The highest BCUT2D eigenvalue weighted by molar-refractivity contribution is 7.17. The largest absolute Gasteiger partial charge is 0.492 e. The number of nitrogens with two attached hydrogens (primary N) is 1. The van der Waals surface area contributed by atoms with Crippen molar-refractivity contribution in [3.63, 3.8) is 0 Å². The zero-order chi connectivity index (χ0) is 21.5. The molecule has 1 aliphatic rings. The number of likely N-dealkylation sites (tertiary alicyclic amines) is 1. The number of aromatic hydroxyl groups is 1. The molecular formula is C22H23N5O3S. The predicted molar refractivity (Wildman–Crippen MR) is 117 cm³/mol. The third-order valence-electron chi connectivity index (χ3n) is 5.84. The second kappa shape index (κ2) is 7.82. The fourth-order valence-corrected chi connectivity index (χ4v) is 5.37. The van der Waals surface area contributed by atoms with Crippen molar-refractivity contribution in [3.8, 4) is 17.5 Å². The van der Waals surface area contributed by atoms with Crippen LogP contribution < -0.4 is 5.73 Å². The Hall–Kier alpha value is -3.17. The zero-order valence-electron chi connectivity index (χ0n) is 17.1. The molecule has 0 bridgehead atoms. The average Bonchev–Trinajstić information content (AvgIpc) is 3.48. The number of nitrogens with zero attached hydrogens (tertiary/aromatic N) is 4. The monoisotopic (exact) mass is 437 g/mol. The van der Waals surface area contributed by atoms with Gasteiger partial charge in [0.15, 0.2) is 5.76 Å². The highest BCUT2D eigenvalue weighted by atomic mass is 32.1. The van der Waals surface area contributed by atoms with E-state index in [4.69, 9.17) is 10.2 Å². The Morgan fingerprint density at radius 1 is 1.29 bits per heavy atom. The minimum Gasteiger partial charge on any atom is -0.492 e. The highest BCUT2D eigenvalue weighted by Gasteiger charge is 2.33. The summed E-state index contributed by atoms with van der Waals surface area (Å²) in [7, 11) is 0. The van der Waals surface area contributed by atoms with Crippen molar-refractivity contribution >= 4 is 22.2 Å². The number of piperidine rings is 1. The summed E-state index contributed by atoms with van der Waals surface area (Å²) in [5.41, 5.74) is 7.76. The van der Waals surface area contributed by atoms with Crippen LogP contribution in [0, 0.1) is 12.8 Å². The topological polar surface area (TPSA) is 110 Å². The van der Waals surface area contributed by atoms with Gasteiger partial charge in [-0.05, 0) is 50.6 Å². The number of carbonyl (C=O) groups is 1. The standard InChI is InChI=1S/C22H23N5O3S/c1-13-4-2-5-15(12-13)17(26-9-7-14(8-10-26)19(23)28)18-21(29)27-22(31-18)24-20(25-27)16-6-3-11-30-16/h2-6,11-12,14,17,29H,7-10H2,1H3,(H2,23,28)/t17-/m0/s1. The summed E-state index contributed by atoms with van der Waals surface area (Å²) < 4.78 is 6.85. The zero-order valence-corrected chi connectivity index (χ0v) is 17.9. The van der Waals surface area contributed by atoms with Gasteiger partial charge in [0.25, 0.3) is 0 Å². The first-order valence-electron chi connectivity index (χ1n) is 10.2. The van der Waals surface area contributed by atoms with E-state index in [-0.39, 0.29) is 23.7 Å². The molecule has 0 unspecified atom stereocenters. The van der Waals surface area contributed by atoms with E-state index >= 15 is 0 Å². The summed E-state index contributed by atoms with van der Waals surface area (Å²) in [4.78, 5) is 19.8. The Bertz CT molecular complexity index is 1220. The molecule has 3 aromatic heterocycles. The number of rotatable bonds is 5. The average molecular weight is 438 g/mol. The summed E-state index contributed by atoms with van der Waals surface area (Å²) in [6.45, 7) is 3.49. The van der Waals surface area contributed by atoms with E-state index in [0.717, 1.165) is 29.1 Å². The molecule has 1 saturated heterocycles. The van der Waals surface area contributed by atoms with Crippen LogP contribution >= 0.6 is 11.3 Å². The Balaban J connectivity index is 1.55. The molecule has 8 nitrogen and oxygen atoms in total. The van der Waals surface area contributed by atoms with Crippen molar-refractivity contribution in [1.29, 1.82) is 0 Å². The lowest BCUT2D eigenvalue weighted by atomic mass is 9.93. The van der Waals surface area contributed by atoms with Gasteiger partial charge >= 0.3 is 0 Å². The van der Waals surface area contributed by atoms with Crippen molar-refractivity contribution < 1.29 is 14.3 Å². The minimum absolute atomic E-state index is 0.0776. The number of furan rings is 1. The highest BCUT2D eigenvalue weighted by Crippen LogP contribution is 2.41. The SMILES string of the molecule is Cc1cccc([C@@H](c2sc3nc(-c4ccco4)nn3c2O)N2CCC(C(N)=O)CC2)c1. The van der Waals surface area contributed by atoms with Crippen molar-refractivity contribution in [3.05, 3.63) is 58.7 Å². The van der Waals surface area contributed by atoms with Gasteiger partial charge in [-0.2, -0.15) is 9.50 Å². The Morgan fingerprint density at radius 3 is 2.74 bits per heavy atom. The maximum Gasteiger partial charge on any atom is 0.230 e. The number of thiazole rings is 1. The molecule has 0 radical (unpaired) electrons. The molecule has 1 aromatic carbocycles. The number of fused-ring (bicyclic) bond motifs is 1. The van der Waals surface area contributed by atoms with Crippen molar-refractivity contribution in [2.24, 2.45) is 11.7 Å². The maximum atomic E-state index is 11.6. The number of hydrogen-bond acceptors (Lipinski definition) is 7. The first-order chi connectivity index (χ1) is 15.0. The number of hydrogen-bond donors (Lipinski definition) is 2. The Kier molecular flexibility index (Phi) is 4.99. The number of benzene rings is 1. The molecule has 0 aliphatic carbocycles. The van der Waals surface area contributed by atoms with E-state index in [1.807, 2.05) is 6.07 Å². The molecule has 4 heterocycles. The van der Waals surface area contributed by atoms with Crippen LogP contribution in [0.4, 0.5) is 0 Å². The van der Waals surface area contributed by atoms with Crippen molar-refractivity contribution in [1.82, 2.24) is 19.5 Å². The number of aryl methyl sites for hydroxylation is 1. The molecule has 3 N–H and O–H groups in total. The second-order valence-corrected chi connectivity index (χ2v) is 8.94. The number of aromatic nitrogens is 3. The lowest BCUT2D eigenvalue weighted by molar-refractivity contribution is -0.123. The van der Waals surface area contributed by atoms with E-state index in [1.165, 1.54) is 15.9 Å². The smallest absolute Gasteiger partial charge is 0.230 e. The van der Waals surface area contributed by atoms with E-state index in [2.05, 4.69) is 40.1 Å². The van der Waals surface area contributed by atoms with Gasteiger partial charge < -0.3 is 15.3 Å². The Morgan fingerprint density at radius 2 is 2.10 bits per heavy atom. The maximum absolute atomic E-state index is 11.6. The van der Waals surface area contributed by atoms with E-state index in [0.29, 0.717) is 29.4 Å². The molecule has 160 valence electrons. The van der Waals surface area contributed by atoms with Crippen LogP contribution in [0.1, 0.15) is 34.9 Å². The molecule has 0 spiro atoms. The lowest BCUT2D eigenvalue weighted by Crippen LogP contribution is -2.40. The quantitative estimate of drug-likeness (QED) is 0.495. The van der Waals surface area contributed by atoms with E-state index in [1.54, 1.807) is 18.4 Å². The molecule has 31 heavy (non-hydrogen) atoms. The van der Waals surface area contributed by atoms with Gasteiger partial charge in [0, 0.05) is 5.92 Å². The third kappa shape index (κ3) is 3.60. The van der Waals surface area contributed by atoms with Crippen LogP contribution in [-0.2, 0) is 4.79 Å². The van der Waals surface area contributed by atoms with Crippen LogP contribution in [0.25, 0.3) is 16.5 Å². The molecular weight excluding hydrogens is 414 g/mol. The number of amides is 1. The van der Waals surface area contributed by atoms with Gasteiger partial charge in [0.05, 0.1) is 17.2 Å².